The molecule has 0 unspecified atom stereocenters. The first kappa shape index (κ1) is 22.7. The summed E-state index contributed by atoms with van der Waals surface area (Å²) in [5.74, 6) is -2.66. The number of para-hydroxylation sites is 1. The van der Waals surface area contributed by atoms with Crippen molar-refractivity contribution in [2.24, 2.45) is 5.92 Å². The molecule has 2 aromatic carbocycles. The molecule has 1 N–H and O–H groups in total. The van der Waals surface area contributed by atoms with Gasteiger partial charge in [0.05, 0.1) is 11.3 Å². The molecule has 1 saturated heterocycles. The Balaban J connectivity index is 1.60. The fraction of sp³-hybridized carbons (Fsp3) is 0.318. The maximum Gasteiger partial charge on any atom is 0.286 e. The predicted octanol–water partition coefficient (Wildman–Crippen LogP) is 4.23. The Bertz CT molecular complexity index is 992. The number of carbonyl (C=O) groups is 3. The van der Waals surface area contributed by atoms with Crippen molar-refractivity contribution in [1.29, 1.82) is 0 Å². The third kappa shape index (κ3) is 5.61. The molecule has 0 radical (unpaired) electrons. The van der Waals surface area contributed by atoms with E-state index in [0.717, 1.165) is 23.9 Å². The lowest BCUT2D eigenvalue weighted by Crippen LogP contribution is -2.41. The Hall–Kier alpha value is -2.94. The summed E-state index contributed by atoms with van der Waals surface area (Å²) >= 11 is 1.03. The van der Waals surface area contributed by atoms with Crippen LogP contribution in [0.3, 0.4) is 0 Å². The van der Waals surface area contributed by atoms with E-state index in [4.69, 9.17) is 0 Å². The number of halogens is 2. The number of hydrogen-bond acceptors (Lipinski definition) is 4. The van der Waals surface area contributed by atoms with E-state index in [9.17, 15) is 23.2 Å². The van der Waals surface area contributed by atoms with Gasteiger partial charge in [0, 0.05) is 44.1 Å². The number of rotatable bonds is 4. The average molecular weight is 448 g/mol. The number of hydrogen-bond donors (Lipinski definition) is 1. The van der Waals surface area contributed by atoms with E-state index >= 15 is 0 Å². The van der Waals surface area contributed by atoms with Gasteiger partial charge in [-0.05, 0) is 48.9 Å². The number of nitrogens with one attached hydrogen (secondary N) is 1. The van der Waals surface area contributed by atoms with Gasteiger partial charge < -0.3 is 15.1 Å². The molecule has 3 amide bonds. The highest BCUT2D eigenvalue weighted by Gasteiger charge is 2.29. The second-order valence-corrected chi connectivity index (χ2v) is 8.43. The van der Waals surface area contributed by atoms with Gasteiger partial charge in [-0.15, -0.1) is 0 Å². The van der Waals surface area contributed by atoms with Crippen LogP contribution < -0.4 is 5.32 Å². The zero-order valence-corrected chi connectivity index (χ0v) is 18.0. The third-order valence-corrected chi connectivity index (χ3v) is 6.14. The van der Waals surface area contributed by atoms with Crippen molar-refractivity contribution in [2.45, 2.75) is 17.7 Å². The van der Waals surface area contributed by atoms with E-state index in [1.807, 2.05) is 0 Å². The molecule has 0 spiro atoms. The number of benzene rings is 2. The van der Waals surface area contributed by atoms with E-state index in [2.05, 4.69) is 5.32 Å². The molecular formula is C22H23F2N3O3S. The van der Waals surface area contributed by atoms with Crippen LogP contribution in [0.25, 0.3) is 0 Å². The van der Waals surface area contributed by atoms with Gasteiger partial charge in [-0.25, -0.2) is 8.78 Å². The van der Waals surface area contributed by atoms with Crippen LogP contribution in [0.15, 0.2) is 47.4 Å². The number of thioether (sulfide) groups is 1. The van der Waals surface area contributed by atoms with Gasteiger partial charge in [0.2, 0.25) is 5.91 Å². The van der Waals surface area contributed by atoms with Crippen LogP contribution in [0.4, 0.5) is 19.3 Å². The minimum absolute atomic E-state index is 0.151. The first-order valence-corrected chi connectivity index (χ1v) is 10.6. The fourth-order valence-corrected chi connectivity index (χ4v) is 4.00. The van der Waals surface area contributed by atoms with Crippen LogP contribution >= 0.6 is 11.8 Å². The maximum atomic E-state index is 13.9. The Morgan fingerprint density at radius 3 is 2.39 bits per heavy atom. The molecule has 1 aliphatic heterocycles. The van der Waals surface area contributed by atoms with Crippen LogP contribution in [-0.4, -0.2) is 54.0 Å². The molecule has 1 fully saturated rings. The zero-order chi connectivity index (χ0) is 22.5. The summed E-state index contributed by atoms with van der Waals surface area (Å²) in [5.41, 5.74) is 0.375. The van der Waals surface area contributed by atoms with Crippen LogP contribution in [0.1, 0.15) is 23.2 Å². The summed E-state index contributed by atoms with van der Waals surface area (Å²) in [6.45, 7) is 0.590. The lowest BCUT2D eigenvalue weighted by Gasteiger charge is -2.31. The maximum absolute atomic E-state index is 13.9. The van der Waals surface area contributed by atoms with Crippen molar-refractivity contribution in [3.05, 3.63) is 59.7 Å². The van der Waals surface area contributed by atoms with Gasteiger partial charge in [-0.2, -0.15) is 0 Å². The Morgan fingerprint density at radius 2 is 1.74 bits per heavy atom. The van der Waals surface area contributed by atoms with Crippen LogP contribution in [0, 0.1) is 17.6 Å². The molecule has 1 aliphatic rings. The van der Waals surface area contributed by atoms with Gasteiger partial charge in [-0.3, -0.25) is 14.4 Å². The average Bonchev–Trinajstić information content (AvgIpc) is 2.74. The molecule has 3 rings (SSSR count). The van der Waals surface area contributed by atoms with Gasteiger partial charge in [0.1, 0.15) is 11.6 Å². The van der Waals surface area contributed by atoms with Gasteiger partial charge in [0.25, 0.3) is 11.1 Å². The second-order valence-electron chi connectivity index (χ2n) is 7.44. The first-order valence-electron chi connectivity index (χ1n) is 9.79. The Morgan fingerprint density at radius 1 is 1.06 bits per heavy atom. The molecule has 164 valence electrons. The summed E-state index contributed by atoms with van der Waals surface area (Å²) in [5, 5.41) is 2.73. The molecule has 0 bridgehead atoms. The quantitative estimate of drug-likeness (QED) is 0.713. The van der Waals surface area contributed by atoms with Crippen molar-refractivity contribution < 1.29 is 23.2 Å². The van der Waals surface area contributed by atoms with Crippen LogP contribution in [0.2, 0.25) is 0 Å². The topological polar surface area (TPSA) is 69.7 Å². The SMILES string of the molecule is CN(C)C(=O)Sc1ccccc1NC(=O)C1CCN(C(=O)c2ccc(F)cc2F)CC1. The molecule has 2 aromatic rings. The molecule has 0 aliphatic carbocycles. The number of anilines is 1. The number of amides is 3. The van der Waals surface area contributed by atoms with Crippen molar-refractivity contribution in [2.75, 3.05) is 32.5 Å². The van der Waals surface area contributed by atoms with E-state index in [-0.39, 0.29) is 22.6 Å². The summed E-state index contributed by atoms with van der Waals surface area (Å²) in [7, 11) is 3.31. The lowest BCUT2D eigenvalue weighted by molar-refractivity contribution is -0.121. The predicted molar refractivity (Wildman–Crippen MR) is 115 cm³/mol. The standard InChI is InChI=1S/C22H23F2N3O3S/c1-26(2)22(30)31-19-6-4-3-5-18(19)25-20(28)14-9-11-27(12-10-14)21(29)16-8-7-15(23)13-17(16)24/h3-8,13-14H,9-12H2,1-2H3,(H,25,28). The summed E-state index contributed by atoms with van der Waals surface area (Å²) < 4.78 is 27.0. The second kappa shape index (κ2) is 9.91. The van der Waals surface area contributed by atoms with Crippen molar-refractivity contribution in [3.63, 3.8) is 0 Å². The van der Waals surface area contributed by atoms with Crippen LogP contribution in [-0.2, 0) is 4.79 Å². The molecule has 1 heterocycles. The normalized spacial score (nSPS) is 14.3. The van der Waals surface area contributed by atoms with E-state index in [0.29, 0.717) is 42.6 Å². The third-order valence-electron chi connectivity index (χ3n) is 5.02. The molecule has 0 atom stereocenters. The monoisotopic (exact) mass is 447 g/mol. The minimum Gasteiger partial charge on any atom is -0.339 e. The molecule has 6 nitrogen and oxygen atoms in total. The van der Waals surface area contributed by atoms with Gasteiger partial charge in [-0.1, -0.05) is 12.1 Å². The molecule has 31 heavy (non-hydrogen) atoms. The smallest absolute Gasteiger partial charge is 0.286 e. The summed E-state index contributed by atoms with van der Waals surface area (Å²) in [6.07, 6.45) is 0.846. The van der Waals surface area contributed by atoms with Crippen molar-refractivity contribution in [1.82, 2.24) is 9.80 Å². The number of carbonyl (C=O) groups excluding carboxylic acids is 3. The number of likely N-dealkylation sites (tertiary alicyclic amines) is 1. The largest absolute Gasteiger partial charge is 0.339 e. The van der Waals surface area contributed by atoms with Gasteiger partial charge >= 0.3 is 0 Å². The van der Waals surface area contributed by atoms with E-state index < -0.39 is 17.5 Å². The van der Waals surface area contributed by atoms with Crippen LogP contribution in [0.5, 0.6) is 0 Å². The summed E-state index contributed by atoms with van der Waals surface area (Å²) in [6, 6.07) is 9.93. The van der Waals surface area contributed by atoms with Crippen molar-refractivity contribution in [3.8, 4) is 0 Å². The molecular weight excluding hydrogens is 424 g/mol. The Labute approximate surface area is 183 Å². The molecule has 0 saturated carbocycles. The highest BCUT2D eigenvalue weighted by Crippen LogP contribution is 2.30. The fourth-order valence-electron chi connectivity index (χ4n) is 3.26. The van der Waals surface area contributed by atoms with E-state index in [1.165, 1.54) is 9.80 Å². The number of piperidine rings is 1. The minimum atomic E-state index is -0.897. The summed E-state index contributed by atoms with van der Waals surface area (Å²) in [4.78, 5) is 40.9. The zero-order valence-electron chi connectivity index (χ0n) is 17.2. The lowest BCUT2D eigenvalue weighted by atomic mass is 9.95. The molecule has 9 heteroatoms. The van der Waals surface area contributed by atoms with E-state index in [1.54, 1.807) is 38.4 Å². The van der Waals surface area contributed by atoms with Gasteiger partial charge in [0.15, 0.2) is 0 Å². The highest BCUT2D eigenvalue weighted by atomic mass is 32.2. The van der Waals surface area contributed by atoms with Crippen molar-refractivity contribution >= 4 is 34.5 Å². The number of nitrogens with zero attached hydrogens (tertiary/aromatic N) is 2. The molecule has 0 aromatic heterocycles. The highest BCUT2D eigenvalue weighted by molar-refractivity contribution is 8.13. The Kier molecular flexibility index (Phi) is 7.27. The first-order chi connectivity index (χ1) is 14.8.